The summed E-state index contributed by atoms with van der Waals surface area (Å²) in [6, 6.07) is 0. The fraction of sp³-hybridized carbons (Fsp3) is 0.714. The minimum Gasteiger partial charge on any atom is -0.237 e. The molecule has 18 heavy (non-hydrogen) atoms. The van der Waals surface area contributed by atoms with Crippen LogP contribution in [0.25, 0.3) is 0 Å². The Hall–Kier alpha value is -0.150. The molecule has 0 aliphatic heterocycles. The summed E-state index contributed by atoms with van der Waals surface area (Å²) < 4.78 is 0.845. The fourth-order valence-electron chi connectivity index (χ4n) is 1.63. The van der Waals surface area contributed by atoms with E-state index in [-0.39, 0.29) is 0 Å². The molecule has 4 heteroatoms. The minimum atomic E-state index is 0.293. The standard InChI is InChI=1S/C14H22BrClN2/c1-9(2)8-10-12(15)13(16)18-11(17-10)6-7-14(3,4)5/h9H,6-8H2,1-5H3. The molecule has 0 aromatic carbocycles. The summed E-state index contributed by atoms with van der Waals surface area (Å²) in [5, 5.41) is 0.532. The summed E-state index contributed by atoms with van der Waals surface area (Å²) in [5.74, 6) is 1.41. The van der Waals surface area contributed by atoms with Gasteiger partial charge in [-0.2, -0.15) is 0 Å². The fourth-order valence-corrected chi connectivity index (χ4v) is 2.18. The Labute approximate surface area is 124 Å². The summed E-state index contributed by atoms with van der Waals surface area (Å²) in [4.78, 5) is 8.99. The first-order valence-corrected chi connectivity index (χ1v) is 7.57. The maximum Gasteiger partial charge on any atom is 0.147 e. The summed E-state index contributed by atoms with van der Waals surface area (Å²) in [5.41, 5.74) is 1.31. The third-order valence-electron chi connectivity index (χ3n) is 2.63. The number of hydrogen-bond donors (Lipinski definition) is 0. The van der Waals surface area contributed by atoms with Crippen molar-refractivity contribution in [1.29, 1.82) is 0 Å². The van der Waals surface area contributed by atoms with Crippen LogP contribution < -0.4 is 0 Å². The van der Waals surface area contributed by atoms with Gasteiger partial charge in [0.2, 0.25) is 0 Å². The van der Waals surface area contributed by atoms with Gasteiger partial charge >= 0.3 is 0 Å². The second-order valence-corrected chi connectivity index (χ2v) is 7.50. The maximum absolute atomic E-state index is 6.15. The number of halogens is 2. The normalized spacial score (nSPS) is 12.2. The lowest BCUT2D eigenvalue weighted by molar-refractivity contribution is 0.374. The number of aromatic nitrogens is 2. The Morgan fingerprint density at radius 1 is 1.22 bits per heavy atom. The molecule has 0 amide bonds. The molecule has 0 N–H and O–H groups in total. The van der Waals surface area contributed by atoms with E-state index in [4.69, 9.17) is 11.6 Å². The molecule has 1 rings (SSSR count). The second kappa shape index (κ2) is 6.33. The maximum atomic E-state index is 6.15. The lowest BCUT2D eigenvalue weighted by atomic mass is 9.90. The monoisotopic (exact) mass is 332 g/mol. The second-order valence-electron chi connectivity index (χ2n) is 6.35. The molecule has 102 valence electrons. The van der Waals surface area contributed by atoms with Gasteiger partial charge in [-0.25, -0.2) is 9.97 Å². The molecular formula is C14H22BrClN2. The number of rotatable bonds is 4. The Kier molecular flexibility index (Phi) is 5.60. The third-order valence-corrected chi connectivity index (χ3v) is 3.96. The van der Waals surface area contributed by atoms with Crippen molar-refractivity contribution in [2.24, 2.45) is 11.3 Å². The predicted octanol–water partition coefficient (Wildman–Crippen LogP) is 5.07. The highest BCUT2D eigenvalue weighted by atomic mass is 79.9. The van der Waals surface area contributed by atoms with E-state index in [0.29, 0.717) is 16.5 Å². The molecule has 2 nitrogen and oxygen atoms in total. The van der Waals surface area contributed by atoms with Crippen LogP contribution in [0, 0.1) is 11.3 Å². The van der Waals surface area contributed by atoms with Gasteiger partial charge in [-0.05, 0) is 40.1 Å². The van der Waals surface area contributed by atoms with E-state index in [2.05, 4.69) is 60.5 Å². The molecule has 1 aromatic heterocycles. The summed E-state index contributed by atoms with van der Waals surface area (Å²) in [7, 11) is 0. The van der Waals surface area contributed by atoms with Gasteiger partial charge in [0.15, 0.2) is 0 Å². The molecule has 1 aromatic rings. The molecule has 0 spiro atoms. The molecule has 0 saturated carbocycles. The van der Waals surface area contributed by atoms with Crippen LogP contribution >= 0.6 is 27.5 Å². The van der Waals surface area contributed by atoms with Crippen molar-refractivity contribution in [1.82, 2.24) is 9.97 Å². The van der Waals surface area contributed by atoms with Crippen molar-refractivity contribution in [3.63, 3.8) is 0 Å². The van der Waals surface area contributed by atoms with Crippen LogP contribution in [0.3, 0.4) is 0 Å². The van der Waals surface area contributed by atoms with Gasteiger partial charge in [0.1, 0.15) is 11.0 Å². The zero-order valence-corrected chi connectivity index (χ0v) is 14.2. The van der Waals surface area contributed by atoms with Gasteiger partial charge in [0, 0.05) is 6.42 Å². The van der Waals surface area contributed by atoms with E-state index in [0.717, 1.165) is 35.3 Å². The quantitative estimate of drug-likeness (QED) is 0.719. The molecule has 0 fully saturated rings. The molecule has 0 radical (unpaired) electrons. The van der Waals surface area contributed by atoms with Crippen LogP contribution in [0.1, 0.15) is 52.6 Å². The highest BCUT2D eigenvalue weighted by molar-refractivity contribution is 9.10. The van der Waals surface area contributed by atoms with Gasteiger partial charge in [0.05, 0.1) is 10.2 Å². The molecule has 0 aliphatic rings. The van der Waals surface area contributed by atoms with E-state index in [1.54, 1.807) is 0 Å². The molecule has 0 aliphatic carbocycles. The largest absolute Gasteiger partial charge is 0.237 e. The average Bonchev–Trinajstić information content (AvgIpc) is 2.20. The van der Waals surface area contributed by atoms with Crippen molar-refractivity contribution >= 4 is 27.5 Å². The highest BCUT2D eigenvalue weighted by Gasteiger charge is 2.15. The zero-order valence-electron chi connectivity index (χ0n) is 11.8. The first kappa shape index (κ1) is 15.9. The molecule has 0 saturated heterocycles. The van der Waals surface area contributed by atoms with Crippen molar-refractivity contribution < 1.29 is 0 Å². The Bertz CT molecular complexity index is 411. The first-order chi connectivity index (χ1) is 8.19. The van der Waals surface area contributed by atoms with Crippen molar-refractivity contribution in [3.8, 4) is 0 Å². The van der Waals surface area contributed by atoms with Crippen LogP contribution in [0.2, 0.25) is 5.15 Å². The van der Waals surface area contributed by atoms with Crippen LogP contribution in [0.5, 0.6) is 0 Å². The van der Waals surface area contributed by atoms with Gasteiger partial charge in [-0.15, -0.1) is 0 Å². The number of nitrogens with zero attached hydrogens (tertiary/aromatic N) is 2. The van der Waals surface area contributed by atoms with E-state index >= 15 is 0 Å². The van der Waals surface area contributed by atoms with Crippen molar-refractivity contribution in [2.45, 2.75) is 53.9 Å². The minimum absolute atomic E-state index is 0.293. The van der Waals surface area contributed by atoms with Gasteiger partial charge in [-0.3, -0.25) is 0 Å². The zero-order chi connectivity index (χ0) is 13.9. The van der Waals surface area contributed by atoms with Crippen LogP contribution in [0.4, 0.5) is 0 Å². The van der Waals surface area contributed by atoms with Gasteiger partial charge in [0.25, 0.3) is 0 Å². The first-order valence-electron chi connectivity index (χ1n) is 6.40. The van der Waals surface area contributed by atoms with E-state index < -0.39 is 0 Å². The van der Waals surface area contributed by atoms with E-state index in [1.807, 2.05) is 0 Å². The Morgan fingerprint density at radius 3 is 2.33 bits per heavy atom. The SMILES string of the molecule is CC(C)Cc1nc(CCC(C)(C)C)nc(Cl)c1Br. The van der Waals surface area contributed by atoms with Crippen molar-refractivity contribution in [2.75, 3.05) is 0 Å². The summed E-state index contributed by atoms with van der Waals surface area (Å²) in [6.45, 7) is 11.0. The number of hydrogen-bond acceptors (Lipinski definition) is 2. The molecule has 0 unspecified atom stereocenters. The lowest BCUT2D eigenvalue weighted by Gasteiger charge is -2.17. The van der Waals surface area contributed by atoms with Crippen molar-refractivity contribution in [3.05, 3.63) is 21.1 Å². The molecule has 1 heterocycles. The highest BCUT2D eigenvalue weighted by Crippen LogP contribution is 2.27. The third kappa shape index (κ3) is 5.23. The van der Waals surface area contributed by atoms with E-state index in [1.165, 1.54) is 0 Å². The Morgan fingerprint density at radius 2 is 1.83 bits per heavy atom. The smallest absolute Gasteiger partial charge is 0.147 e. The van der Waals surface area contributed by atoms with Crippen LogP contribution in [-0.4, -0.2) is 9.97 Å². The summed E-state index contributed by atoms with van der Waals surface area (Å²) in [6.07, 6.45) is 2.86. The summed E-state index contributed by atoms with van der Waals surface area (Å²) >= 11 is 9.63. The lowest BCUT2D eigenvalue weighted by Crippen LogP contribution is -2.10. The predicted molar refractivity (Wildman–Crippen MR) is 81.1 cm³/mol. The van der Waals surface area contributed by atoms with Gasteiger partial charge < -0.3 is 0 Å². The van der Waals surface area contributed by atoms with E-state index in [9.17, 15) is 0 Å². The van der Waals surface area contributed by atoms with Crippen LogP contribution in [-0.2, 0) is 12.8 Å². The topological polar surface area (TPSA) is 25.8 Å². The average molecular weight is 334 g/mol. The molecule has 0 bridgehead atoms. The van der Waals surface area contributed by atoms with Crippen LogP contribution in [0.15, 0.2) is 4.47 Å². The number of aryl methyl sites for hydroxylation is 1. The molecular weight excluding hydrogens is 312 g/mol. The molecule has 0 atom stereocenters. The Balaban J connectivity index is 2.90. The van der Waals surface area contributed by atoms with Gasteiger partial charge in [-0.1, -0.05) is 46.2 Å².